The minimum Gasteiger partial charge on any atom is -0.330 e. The number of hydrogen-bond donors (Lipinski definition) is 1. The molecule has 1 fully saturated rings. The van der Waals surface area contributed by atoms with Crippen molar-refractivity contribution in [3.05, 3.63) is 34.9 Å². The molecule has 0 unspecified atom stereocenters. The molecular formula is C11H14ClN. The van der Waals surface area contributed by atoms with Crippen LogP contribution in [0.2, 0.25) is 5.02 Å². The molecule has 0 radical (unpaired) electrons. The number of rotatable bonds is 3. The predicted octanol–water partition coefficient (Wildman–Crippen LogP) is 2.72. The van der Waals surface area contributed by atoms with E-state index in [1.807, 2.05) is 12.1 Å². The molecule has 0 saturated heterocycles. The third kappa shape index (κ3) is 1.59. The number of hydrogen-bond acceptors (Lipinski definition) is 1. The predicted molar refractivity (Wildman–Crippen MR) is 56.0 cm³/mol. The fourth-order valence-corrected chi connectivity index (χ4v) is 2.31. The van der Waals surface area contributed by atoms with Gasteiger partial charge in [0, 0.05) is 5.02 Å². The first kappa shape index (κ1) is 9.04. The van der Waals surface area contributed by atoms with Crippen LogP contribution in [0.4, 0.5) is 0 Å². The standard InChI is InChI=1S/C11H14ClN/c12-10-4-2-1-3-9(10)11(5-6-11)7-8-13/h1-4H,5-8,13H2. The van der Waals surface area contributed by atoms with Gasteiger partial charge in [0.2, 0.25) is 0 Å². The van der Waals surface area contributed by atoms with Crippen molar-refractivity contribution in [2.45, 2.75) is 24.7 Å². The molecule has 2 N–H and O–H groups in total. The largest absolute Gasteiger partial charge is 0.330 e. The van der Waals surface area contributed by atoms with Crippen molar-refractivity contribution in [2.75, 3.05) is 6.54 Å². The van der Waals surface area contributed by atoms with Crippen LogP contribution in [0.1, 0.15) is 24.8 Å². The van der Waals surface area contributed by atoms with Crippen molar-refractivity contribution >= 4 is 11.6 Å². The van der Waals surface area contributed by atoms with E-state index < -0.39 is 0 Å². The highest BCUT2D eigenvalue weighted by atomic mass is 35.5. The maximum atomic E-state index is 6.14. The van der Waals surface area contributed by atoms with E-state index >= 15 is 0 Å². The first-order valence-corrected chi connectivity index (χ1v) is 5.11. The molecule has 13 heavy (non-hydrogen) atoms. The molecular weight excluding hydrogens is 182 g/mol. The minimum absolute atomic E-state index is 0.326. The quantitative estimate of drug-likeness (QED) is 0.789. The molecule has 0 aromatic heterocycles. The Morgan fingerprint density at radius 3 is 2.54 bits per heavy atom. The van der Waals surface area contributed by atoms with Crippen molar-refractivity contribution < 1.29 is 0 Å². The Morgan fingerprint density at radius 2 is 2.00 bits per heavy atom. The summed E-state index contributed by atoms with van der Waals surface area (Å²) in [6.45, 7) is 0.755. The fraction of sp³-hybridized carbons (Fsp3) is 0.455. The molecule has 1 saturated carbocycles. The molecule has 1 aromatic rings. The second-order valence-corrected chi connectivity index (χ2v) is 4.21. The lowest BCUT2D eigenvalue weighted by Gasteiger charge is -2.15. The van der Waals surface area contributed by atoms with Gasteiger partial charge in [-0.15, -0.1) is 0 Å². The maximum absolute atomic E-state index is 6.14. The minimum atomic E-state index is 0.326. The molecule has 0 spiro atoms. The summed E-state index contributed by atoms with van der Waals surface area (Å²) in [5.41, 5.74) is 7.22. The van der Waals surface area contributed by atoms with E-state index in [0.717, 1.165) is 18.0 Å². The Morgan fingerprint density at radius 1 is 1.31 bits per heavy atom. The van der Waals surface area contributed by atoms with Gasteiger partial charge in [-0.2, -0.15) is 0 Å². The Balaban J connectivity index is 2.30. The molecule has 0 bridgehead atoms. The first-order valence-electron chi connectivity index (χ1n) is 4.74. The van der Waals surface area contributed by atoms with Gasteiger partial charge >= 0.3 is 0 Å². The average molecular weight is 196 g/mol. The van der Waals surface area contributed by atoms with Crippen molar-refractivity contribution in [1.82, 2.24) is 0 Å². The van der Waals surface area contributed by atoms with Crippen LogP contribution < -0.4 is 5.73 Å². The summed E-state index contributed by atoms with van der Waals surface area (Å²) in [6, 6.07) is 8.13. The third-order valence-electron chi connectivity index (χ3n) is 2.92. The summed E-state index contributed by atoms with van der Waals surface area (Å²) in [6.07, 6.45) is 3.55. The zero-order chi connectivity index (χ0) is 9.31. The molecule has 2 heteroatoms. The highest BCUT2D eigenvalue weighted by Crippen LogP contribution is 2.52. The van der Waals surface area contributed by atoms with Gasteiger partial charge in [-0.1, -0.05) is 29.8 Å². The molecule has 70 valence electrons. The van der Waals surface area contributed by atoms with Crippen LogP contribution in [0.3, 0.4) is 0 Å². The molecule has 0 amide bonds. The van der Waals surface area contributed by atoms with Crippen LogP contribution in [0.25, 0.3) is 0 Å². The monoisotopic (exact) mass is 195 g/mol. The Labute approximate surface area is 83.9 Å². The smallest absolute Gasteiger partial charge is 0.0443 e. The first-order chi connectivity index (χ1) is 6.28. The highest BCUT2D eigenvalue weighted by Gasteiger charge is 2.44. The number of benzene rings is 1. The molecule has 0 atom stereocenters. The number of halogens is 1. The van der Waals surface area contributed by atoms with Crippen molar-refractivity contribution in [1.29, 1.82) is 0 Å². The van der Waals surface area contributed by atoms with Gasteiger partial charge in [0.05, 0.1) is 0 Å². The van der Waals surface area contributed by atoms with E-state index in [9.17, 15) is 0 Å². The lowest BCUT2D eigenvalue weighted by atomic mass is 9.92. The Bertz CT molecular complexity index is 305. The lowest BCUT2D eigenvalue weighted by molar-refractivity contribution is 0.629. The SMILES string of the molecule is NCCC1(c2ccccc2Cl)CC1. The van der Waals surface area contributed by atoms with Crippen molar-refractivity contribution in [2.24, 2.45) is 5.73 Å². The van der Waals surface area contributed by atoms with Gasteiger partial charge in [-0.3, -0.25) is 0 Å². The van der Waals surface area contributed by atoms with Crippen LogP contribution in [0, 0.1) is 0 Å². The summed E-state index contributed by atoms with van der Waals surface area (Å²) < 4.78 is 0. The molecule has 1 aromatic carbocycles. The third-order valence-corrected chi connectivity index (χ3v) is 3.25. The maximum Gasteiger partial charge on any atom is 0.0443 e. The number of nitrogens with two attached hydrogens (primary N) is 1. The fourth-order valence-electron chi connectivity index (χ4n) is 1.97. The lowest BCUT2D eigenvalue weighted by Crippen LogP contribution is -2.13. The van der Waals surface area contributed by atoms with Crippen LogP contribution in [-0.4, -0.2) is 6.54 Å². The van der Waals surface area contributed by atoms with Crippen molar-refractivity contribution in [3.63, 3.8) is 0 Å². The van der Waals surface area contributed by atoms with E-state index in [1.165, 1.54) is 18.4 Å². The van der Waals surface area contributed by atoms with Crippen LogP contribution in [-0.2, 0) is 5.41 Å². The van der Waals surface area contributed by atoms with E-state index in [0.29, 0.717) is 5.41 Å². The van der Waals surface area contributed by atoms with Crippen molar-refractivity contribution in [3.8, 4) is 0 Å². The zero-order valence-electron chi connectivity index (χ0n) is 7.59. The summed E-state index contributed by atoms with van der Waals surface area (Å²) in [4.78, 5) is 0. The molecule has 1 nitrogen and oxygen atoms in total. The summed E-state index contributed by atoms with van der Waals surface area (Å²) in [5, 5.41) is 0.897. The topological polar surface area (TPSA) is 26.0 Å². The van der Waals surface area contributed by atoms with Gasteiger partial charge in [-0.25, -0.2) is 0 Å². The van der Waals surface area contributed by atoms with Crippen LogP contribution >= 0.6 is 11.6 Å². The Hall–Kier alpha value is -0.530. The zero-order valence-corrected chi connectivity index (χ0v) is 8.35. The van der Waals surface area contributed by atoms with Gasteiger partial charge in [-0.05, 0) is 42.9 Å². The van der Waals surface area contributed by atoms with Gasteiger partial charge in [0.1, 0.15) is 0 Å². The van der Waals surface area contributed by atoms with E-state index in [-0.39, 0.29) is 0 Å². The van der Waals surface area contributed by atoms with E-state index in [4.69, 9.17) is 17.3 Å². The normalized spacial score (nSPS) is 18.6. The van der Waals surface area contributed by atoms with Gasteiger partial charge in [0.25, 0.3) is 0 Å². The van der Waals surface area contributed by atoms with Gasteiger partial charge in [0.15, 0.2) is 0 Å². The van der Waals surface area contributed by atoms with E-state index in [1.54, 1.807) is 0 Å². The summed E-state index contributed by atoms with van der Waals surface area (Å²) in [7, 11) is 0. The molecule has 1 aliphatic rings. The molecule has 1 aliphatic carbocycles. The Kier molecular flexibility index (Phi) is 2.31. The second-order valence-electron chi connectivity index (χ2n) is 3.80. The second kappa shape index (κ2) is 3.32. The molecule has 2 rings (SSSR count). The van der Waals surface area contributed by atoms with E-state index in [2.05, 4.69) is 12.1 Å². The summed E-state index contributed by atoms with van der Waals surface area (Å²) in [5.74, 6) is 0. The van der Waals surface area contributed by atoms with Gasteiger partial charge < -0.3 is 5.73 Å². The molecule has 0 heterocycles. The molecule has 0 aliphatic heterocycles. The van der Waals surface area contributed by atoms with Crippen LogP contribution in [0.15, 0.2) is 24.3 Å². The average Bonchev–Trinajstić information content (AvgIpc) is 2.87. The van der Waals surface area contributed by atoms with Crippen LogP contribution in [0.5, 0.6) is 0 Å². The summed E-state index contributed by atoms with van der Waals surface area (Å²) >= 11 is 6.14. The highest BCUT2D eigenvalue weighted by molar-refractivity contribution is 6.31.